The predicted octanol–water partition coefficient (Wildman–Crippen LogP) is -1.36. The van der Waals surface area contributed by atoms with Crippen LogP contribution < -0.4 is 10.6 Å². The lowest BCUT2D eigenvalue weighted by molar-refractivity contribution is -0.159. The lowest BCUT2D eigenvalue weighted by atomic mass is 10.2. The van der Waals surface area contributed by atoms with Crippen molar-refractivity contribution in [2.24, 2.45) is 0 Å². The highest BCUT2D eigenvalue weighted by atomic mass is 16.4. The van der Waals surface area contributed by atoms with Crippen LogP contribution in [0.1, 0.15) is 12.8 Å². The quantitative estimate of drug-likeness (QED) is 0.404. The van der Waals surface area contributed by atoms with E-state index in [1.54, 1.807) is 7.05 Å². The van der Waals surface area contributed by atoms with Crippen LogP contribution in [0.2, 0.25) is 0 Å². The number of carboxylic acid groups (broad SMARTS) is 2. The van der Waals surface area contributed by atoms with E-state index < -0.39 is 11.9 Å². The summed E-state index contributed by atoms with van der Waals surface area (Å²) in [5.74, 6) is -3.53. The van der Waals surface area contributed by atoms with Crippen LogP contribution >= 0.6 is 0 Å². The molecule has 1 unspecified atom stereocenters. The molecule has 0 aromatic heterocycles. The fourth-order valence-electron chi connectivity index (χ4n) is 1.08. The minimum Gasteiger partial charge on any atom is -0.473 e. The molecule has 1 rings (SSSR count). The minimum absolute atomic E-state index is 0.0787. The summed E-state index contributed by atoms with van der Waals surface area (Å²) < 4.78 is 0. The van der Waals surface area contributed by atoms with Crippen LogP contribution in [0, 0.1) is 0 Å². The topological polar surface area (TPSA) is 116 Å². The molecule has 0 spiro atoms. The highest BCUT2D eigenvalue weighted by Crippen LogP contribution is 2.03. The fourth-order valence-corrected chi connectivity index (χ4v) is 1.08. The smallest absolute Gasteiger partial charge is 0.414 e. The molecule has 7 heteroatoms. The zero-order valence-electron chi connectivity index (χ0n) is 8.32. The van der Waals surface area contributed by atoms with Gasteiger partial charge in [0.25, 0.3) is 0 Å². The van der Waals surface area contributed by atoms with Gasteiger partial charge < -0.3 is 20.8 Å². The van der Waals surface area contributed by atoms with E-state index in [0.717, 1.165) is 19.4 Å². The second kappa shape index (κ2) is 6.77. The molecule has 4 N–H and O–H groups in total. The Morgan fingerprint density at radius 2 is 1.80 bits per heavy atom. The van der Waals surface area contributed by atoms with Gasteiger partial charge in [0.05, 0.1) is 6.04 Å². The highest BCUT2D eigenvalue weighted by Gasteiger charge is 2.19. The van der Waals surface area contributed by atoms with Crippen LogP contribution in [-0.2, 0) is 14.4 Å². The molecule has 15 heavy (non-hydrogen) atoms. The van der Waals surface area contributed by atoms with Crippen molar-refractivity contribution in [1.82, 2.24) is 10.6 Å². The monoisotopic (exact) mass is 218 g/mol. The number of rotatable bonds is 1. The van der Waals surface area contributed by atoms with Gasteiger partial charge in [-0.2, -0.15) is 0 Å². The highest BCUT2D eigenvalue weighted by molar-refractivity contribution is 6.27. The number of hydrogen-bond donors (Lipinski definition) is 4. The average Bonchev–Trinajstić information content (AvgIpc) is 2.70. The maximum Gasteiger partial charge on any atom is 0.414 e. The van der Waals surface area contributed by atoms with Crippen LogP contribution in [-0.4, -0.2) is 47.7 Å². The Morgan fingerprint density at radius 3 is 2.07 bits per heavy atom. The second-order valence-corrected chi connectivity index (χ2v) is 2.87. The summed E-state index contributed by atoms with van der Waals surface area (Å²) in [5.41, 5.74) is 0. The van der Waals surface area contributed by atoms with E-state index in [0.29, 0.717) is 0 Å². The maximum absolute atomic E-state index is 10.8. The van der Waals surface area contributed by atoms with Crippen LogP contribution in [0.25, 0.3) is 0 Å². The Balaban J connectivity index is 0.000000288. The molecule has 1 fully saturated rings. The van der Waals surface area contributed by atoms with Crippen molar-refractivity contribution < 1.29 is 24.6 Å². The molecule has 0 bridgehead atoms. The molecule has 0 saturated carbocycles. The number of likely N-dealkylation sites (N-methyl/N-ethyl adjacent to an activating group) is 1. The van der Waals surface area contributed by atoms with Crippen molar-refractivity contribution >= 4 is 17.8 Å². The fraction of sp³-hybridized carbons (Fsp3) is 0.625. The molecule has 7 nitrogen and oxygen atoms in total. The van der Waals surface area contributed by atoms with Gasteiger partial charge in [-0.3, -0.25) is 4.79 Å². The Labute approximate surface area is 86.5 Å². The van der Waals surface area contributed by atoms with E-state index in [1.165, 1.54) is 0 Å². The normalized spacial score (nSPS) is 18.6. The van der Waals surface area contributed by atoms with Gasteiger partial charge >= 0.3 is 11.9 Å². The molecule has 0 aliphatic carbocycles. The molecule has 86 valence electrons. The van der Waals surface area contributed by atoms with Crippen molar-refractivity contribution in [1.29, 1.82) is 0 Å². The molecule has 1 heterocycles. The summed E-state index contributed by atoms with van der Waals surface area (Å²) in [5, 5.41) is 20.5. The van der Waals surface area contributed by atoms with Crippen molar-refractivity contribution in [3.63, 3.8) is 0 Å². The number of amides is 1. The van der Waals surface area contributed by atoms with Gasteiger partial charge in [-0.1, -0.05) is 0 Å². The Kier molecular flexibility index (Phi) is 6.03. The van der Waals surface area contributed by atoms with Crippen LogP contribution in [0.5, 0.6) is 0 Å². The maximum atomic E-state index is 10.8. The first kappa shape index (κ1) is 13.4. The van der Waals surface area contributed by atoms with E-state index in [9.17, 15) is 4.79 Å². The van der Waals surface area contributed by atoms with Gasteiger partial charge in [-0.15, -0.1) is 0 Å². The Bertz CT molecular complexity index is 235. The van der Waals surface area contributed by atoms with E-state index >= 15 is 0 Å². The second-order valence-electron chi connectivity index (χ2n) is 2.87. The van der Waals surface area contributed by atoms with E-state index in [1.807, 2.05) is 0 Å². The van der Waals surface area contributed by atoms with Crippen LogP contribution in [0.3, 0.4) is 0 Å². The predicted molar refractivity (Wildman–Crippen MR) is 50.4 cm³/mol. The van der Waals surface area contributed by atoms with Crippen molar-refractivity contribution in [2.45, 2.75) is 18.9 Å². The van der Waals surface area contributed by atoms with Crippen molar-refractivity contribution in [3.8, 4) is 0 Å². The third kappa shape index (κ3) is 5.63. The number of nitrogens with one attached hydrogen (secondary N) is 2. The first-order chi connectivity index (χ1) is 6.99. The van der Waals surface area contributed by atoms with Gasteiger partial charge in [0.2, 0.25) is 5.91 Å². The van der Waals surface area contributed by atoms with Crippen LogP contribution in [0.4, 0.5) is 0 Å². The first-order valence-corrected chi connectivity index (χ1v) is 4.40. The zero-order valence-corrected chi connectivity index (χ0v) is 8.32. The van der Waals surface area contributed by atoms with E-state index in [2.05, 4.69) is 10.6 Å². The zero-order chi connectivity index (χ0) is 11.8. The SMILES string of the molecule is CNC(=O)C1CCCN1.O=C(O)C(=O)O. The summed E-state index contributed by atoms with van der Waals surface area (Å²) in [6.45, 7) is 0.984. The Morgan fingerprint density at radius 1 is 1.27 bits per heavy atom. The third-order valence-corrected chi connectivity index (χ3v) is 1.81. The van der Waals surface area contributed by atoms with Crippen molar-refractivity contribution in [2.75, 3.05) is 13.6 Å². The molecule has 1 saturated heterocycles. The van der Waals surface area contributed by atoms with Gasteiger partial charge in [-0.05, 0) is 19.4 Å². The summed E-state index contributed by atoms with van der Waals surface area (Å²) in [7, 11) is 1.67. The van der Waals surface area contributed by atoms with Gasteiger partial charge in [0.1, 0.15) is 0 Å². The number of hydrogen-bond acceptors (Lipinski definition) is 4. The molecule has 1 aliphatic heterocycles. The summed E-state index contributed by atoms with van der Waals surface area (Å²) in [4.78, 5) is 29.0. The third-order valence-electron chi connectivity index (χ3n) is 1.81. The van der Waals surface area contributed by atoms with Crippen LogP contribution in [0.15, 0.2) is 0 Å². The Hall–Kier alpha value is -1.63. The lowest BCUT2D eigenvalue weighted by Crippen LogP contribution is -2.38. The molecule has 1 amide bonds. The summed E-state index contributed by atoms with van der Waals surface area (Å²) >= 11 is 0. The summed E-state index contributed by atoms with van der Waals surface area (Å²) in [6.07, 6.45) is 2.11. The van der Waals surface area contributed by atoms with Crippen molar-refractivity contribution in [3.05, 3.63) is 0 Å². The molecule has 1 aliphatic rings. The van der Waals surface area contributed by atoms with E-state index in [4.69, 9.17) is 19.8 Å². The minimum atomic E-state index is -1.82. The lowest BCUT2D eigenvalue weighted by Gasteiger charge is -2.05. The molecule has 0 aromatic rings. The number of aliphatic carboxylic acids is 2. The largest absolute Gasteiger partial charge is 0.473 e. The molecule has 1 atom stereocenters. The molecule has 0 radical (unpaired) electrons. The molecular formula is C8H14N2O5. The molecule has 0 aromatic carbocycles. The summed E-state index contributed by atoms with van der Waals surface area (Å²) in [6, 6.07) is 0.0787. The van der Waals surface area contributed by atoms with E-state index in [-0.39, 0.29) is 11.9 Å². The number of carboxylic acids is 2. The first-order valence-electron chi connectivity index (χ1n) is 4.40. The standard InChI is InChI=1S/C6H12N2O.C2H2O4/c1-7-6(9)5-3-2-4-8-5;3-1(4)2(5)6/h5,8H,2-4H2,1H3,(H,7,9);(H,3,4)(H,5,6). The molecular weight excluding hydrogens is 204 g/mol. The number of carbonyl (C=O) groups is 3. The van der Waals surface area contributed by atoms with Gasteiger partial charge in [0.15, 0.2) is 0 Å². The van der Waals surface area contributed by atoms with Gasteiger partial charge in [-0.25, -0.2) is 9.59 Å². The number of carbonyl (C=O) groups excluding carboxylic acids is 1. The average molecular weight is 218 g/mol. The van der Waals surface area contributed by atoms with Gasteiger partial charge in [0, 0.05) is 7.05 Å².